The summed E-state index contributed by atoms with van der Waals surface area (Å²) in [5.74, 6) is 0.103. The Labute approximate surface area is 115 Å². The smallest absolute Gasteiger partial charge is 0.251 e. The molecule has 1 rings (SSSR count). The molecule has 0 aliphatic rings. The molecule has 1 atom stereocenters. The van der Waals surface area contributed by atoms with Crippen molar-refractivity contribution in [2.75, 3.05) is 20.6 Å². The number of benzene rings is 1. The summed E-state index contributed by atoms with van der Waals surface area (Å²) in [6.45, 7) is 4.60. The maximum Gasteiger partial charge on any atom is 0.251 e. The monoisotopic (exact) mass is 264 g/mol. The largest absolute Gasteiger partial charge is 0.508 e. The summed E-state index contributed by atoms with van der Waals surface area (Å²) in [4.78, 5) is 14.2. The summed E-state index contributed by atoms with van der Waals surface area (Å²) < 4.78 is 0. The van der Waals surface area contributed by atoms with Crippen LogP contribution in [0.15, 0.2) is 18.2 Å². The van der Waals surface area contributed by atoms with Crippen molar-refractivity contribution in [1.29, 1.82) is 0 Å². The number of aromatic hydroxyl groups is 1. The number of amides is 1. The molecule has 2 N–H and O–H groups in total. The van der Waals surface area contributed by atoms with Gasteiger partial charge in [0.25, 0.3) is 5.91 Å². The number of hydrogen-bond donors (Lipinski definition) is 2. The van der Waals surface area contributed by atoms with Gasteiger partial charge < -0.3 is 15.3 Å². The van der Waals surface area contributed by atoms with Gasteiger partial charge in [-0.15, -0.1) is 0 Å². The van der Waals surface area contributed by atoms with E-state index in [1.54, 1.807) is 12.1 Å². The minimum atomic E-state index is -0.0829. The third kappa shape index (κ3) is 4.56. The lowest BCUT2D eigenvalue weighted by molar-refractivity contribution is 0.0940. The highest BCUT2D eigenvalue weighted by Gasteiger charge is 2.14. The number of aryl methyl sites for hydroxylation is 1. The molecule has 19 heavy (non-hydrogen) atoms. The molecule has 0 fully saturated rings. The van der Waals surface area contributed by atoms with Crippen LogP contribution in [0.2, 0.25) is 0 Å². The SMILES string of the molecule is CCC[C@@H](CNC(=O)c1ccc(O)cc1C)N(C)C. The Morgan fingerprint density at radius 2 is 2.11 bits per heavy atom. The van der Waals surface area contributed by atoms with Gasteiger partial charge in [-0.3, -0.25) is 4.79 Å². The average molecular weight is 264 g/mol. The Bertz CT molecular complexity index is 430. The number of phenols is 1. The number of nitrogens with zero attached hydrogens (tertiary/aromatic N) is 1. The summed E-state index contributed by atoms with van der Waals surface area (Å²) in [5.41, 5.74) is 1.40. The van der Waals surface area contributed by atoms with Crippen molar-refractivity contribution in [2.24, 2.45) is 0 Å². The van der Waals surface area contributed by atoms with Crippen LogP contribution < -0.4 is 5.32 Å². The van der Waals surface area contributed by atoms with Gasteiger partial charge in [0.2, 0.25) is 0 Å². The number of likely N-dealkylation sites (N-methyl/N-ethyl adjacent to an activating group) is 1. The highest BCUT2D eigenvalue weighted by atomic mass is 16.3. The predicted molar refractivity (Wildman–Crippen MR) is 77.6 cm³/mol. The zero-order valence-corrected chi connectivity index (χ0v) is 12.2. The number of rotatable bonds is 6. The van der Waals surface area contributed by atoms with Crippen LogP contribution in [0.5, 0.6) is 5.75 Å². The lowest BCUT2D eigenvalue weighted by atomic mass is 10.1. The van der Waals surface area contributed by atoms with Crippen molar-refractivity contribution in [3.8, 4) is 5.75 Å². The molecule has 0 bridgehead atoms. The molecule has 0 saturated carbocycles. The quantitative estimate of drug-likeness (QED) is 0.828. The maximum atomic E-state index is 12.1. The first-order valence-electron chi connectivity index (χ1n) is 6.70. The van der Waals surface area contributed by atoms with Crippen molar-refractivity contribution < 1.29 is 9.90 Å². The van der Waals surface area contributed by atoms with E-state index in [2.05, 4.69) is 17.1 Å². The van der Waals surface area contributed by atoms with Crippen LogP contribution in [0.1, 0.15) is 35.7 Å². The fourth-order valence-electron chi connectivity index (χ4n) is 2.08. The van der Waals surface area contributed by atoms with E-state index in [1.807, 2.05) is 21.0 Å². The Morgan fingerprint density at radius 3 is 2.63 bits per heavy atom. The van der Waals surface area contributed by atoms with Gasteiger partial charge >= 0.3 is 0 Å². The zero-order chi connectivity index (χ0) is 14.4. The summed E-state index contributed by atoms with van der Waals surface area (Å²) in [6.07, 6.45) is 2.15. The van der Waals surface area contributed by atoms with Gasteiger partial charge in [-0.2, -0.15) is 0 Å². The fourth-order valence-corrected chi connectivity index (χ4v) is 2.08. The van der Waals surface area contributed by atoms with Crippen LogP contribution in [0.25, 0.3) is 0 Å². The van der Waals surface area contributed by atoms with E-state index in [4.69, 9.17) is 0 Å². The molecule has 0 aliphatic heterocycles. The molecular formula is C15H24N2O2. The molecule has 4 nitrogen and oxygen atoms in total. The second-order valence-corrected chi connectivity index (χ2v) is 5.12. The van der Waals surface area contributed by atoms with E-state index in [9.17, 15) is 9.90 Å². The summed E-state index contributed by atoms with van der Waals surface area (Å²) in [7, 11) is 4.05. The van der Waals surface area contributed by atoms with E-state index < -0.39 is 0 Å². The minimum absolute atomic E-state index is 0.0829. The van der Waals surface area contributed by atoms with Crippen LogP contribution in [0, 0.1) is 6.92 Å². The standard InChI is InChI=1S/C15H24N2O2/c1-5-6-12(17(3)4)10-16-15(19)14-8-7-13(18)9-11(14)2/h7-9,12,18H,5-6,10H2,1-4H3,(H,16,19)/t12-/m0/s1. The van der Waals surface area contributed by atoms with Crippen molar-refractivity contribution in [3.63, 3.8) is 0 Å². The number of hydrogen-bond acceptors (Lipinski definition) is 3. The highest BCUT2D eigenvalue weighted by molar-refractivity contribution is 5.95. The zero-order valence-electron chi connectivity index (χ0n) is 12.2. The van der Waals surface area contributed by atoms with Gasteiger partial charge in [0.1, 0.15) is 5.75 Å². The number of carbonyl (C=O) groups is 1. The molecule has 0 aromatic heterocycles. The molecule has 1 aromatic rings. The molecule has 0 radical (unpaired) electrons. The van der Waals surface area contributed by atoms with Crippen LogP contribution in [0.4, 0.5) is 0 Å². The van der Waals surface area contributed by atoms with Crippen LogP contribution in [-0.4, -0.2) is 42.6 Å². The van der Waals surface area contributed by atoms with E-state index in [-0.39, 0.29) is 11.7 Å². The molecule has 0 heterocycles. The van der Waals surface area contributed by atoms with E-state index in [1.165, 1.54) is 6.07 Å². The van der Waals surface area contributed by atoms with Gasteiger partial charge in [0, 0.05) is 18.2 Å². The molecule has 4 heteroatoms. The third-order valence-corrected chi connectivity index (χ3v) is 3.31. The second kappa shape index (κ2) is 7.14. The van der Waals surface area contributed by atoms with Gasteiger partial charge in [-0.05, 0) is 51.2 Å². The Balaban J connectivity index is 2.64. The van der Waals surface area contributed by atoms with Crippen LogP contribution in [0.3, 0.4) is 0 Å². The van der Waals surface area contributed by atoms with Gasteiger partial charge in [-0.1, -0.05) is 13.3 Å². The van der Waals surface area contributed by atoms with Crippen molar-refractivity contribution >= 4 is 5.91 Å². The first-order chi connectivity index (χ1) is 8.95. The summed E-state index contributed by atoms with van der Waals surface area (Å²) in [6, 6.07) is 5.15. The molecule has 1 aromatic carbocycles. The van der Waals surface area contributed by atoms with Crippen molar-refractivity contribution in [3.05, 3.63) is 29.3 Å². The molecule has 0 unspecified atom stereocenters. The molecule has 1 amide bonds. The molecule has 106 valence electrons. The van der Waals surface area contributed by atoms with E-state index >= 15 is 0 Å². The third-order valence-electron chi connectivity index (χ3n) is 3.31. The van der Waals surface area contributed by atoms with Crippen LogP contribution >= 0.6 is 0 Å². The molecular weight excluding hydrogens is 240 g/mol. The normalized spacial score (nSPS) is 12.5. The predicted octanol–water partition coefficient (Wildman–Crippen LogP) is 2.16. The van der Waals surface area contributed by atoms with Crippen LogP contribution in [-0.2, 0) is 0 Å². The Morgan fingerprint density at radius 1 is 1.42 bits per heavy atom. The lowest BCUT2D eigenvalue weighted by Crippen LogP contribution is -2.40. The molecule has 0 saturated heterocycles. The van der Waals surface area contributed by atoms with E-state index in [0.29, 0.717) is 18.2 Å². The van der Waals surface area contributed by atoms with Crippen molar-refractivity contribution in [2.45, 2.75) is 32.7 Å². The van der Waals surface area contributed by atoms with Gasteiger partial charge in [-0.25, -0.2) is 0 Å². The minimum Gasteiger partial charge on any atom is -0.508 e. The van der Waals surface area contributed by atoms with E-state index in [0.717, 1.165) is 18.4 Å². The number of phenolic OH excluding ortho intramolecular Hbond substituents is 1. The first-order valence-corrected chi connectivity index (χ1v) is 6.70. The Hall–Kier alpha value is -1.55. The summed E-state index contributed by atoms with van der Waals surface area (Å²) >= 11 is 0. The molecule has 0 spiro atoms. The lowest BCUT2D eigenvalue weighted by Gasteiger charge is -2.24. The number of carbonyl (C=O) groups excluding carboxylic acids is 1. The maximum absolute atomic E-state index is 12.1. The highest BCUT2D eigenvalue weighted by Crippen LogP contribution is 2.15. The summed E-state index contributed by atoms with van der Waals surface area (Å²) in [5, 5.41) is 12.3. The van der Waals surface area contributed by atoms with Gasteiger partial charge in [0.05, 0.1) is 0 Å². The second-order valence-electron chi connectivity index (χ2n) is 5.12. The number of nitrogens with one attached hydrogen (secondary N) is 1. The van der Waals surface area contributed by atoms with Gasteiger partial charge in [0.15, 0.2) is 0 Å². The Kier molecular flexibility index (Phi) is 5.83. The fraction of sp³-hybridized carbons (Fsp3) is 0.533. The van der Waals surface area contributed by atoms with Crippen molar-refractivity contribution in [1.82, 2.24) is 10.2 Å². The molecule has 0 aliphatic carbocycles. The average Bonchev–Trinajstić information content (AvgIpc) is 2.33. The topological polar surface area (TPSA) is 52.6 Å². The first kappa shape index (κ1) is 15.5.